The van der Waals surface area contributed by atoms with Crippen LogP contribution in [-0.4, -0.2) is 23.0 Å². The van der Waals surface area contributed by atoms with Crippen LogP contribution in [0.3, 0.4) is 0 Å². The molecule has 5 heteroatoms. The fourth-order valence-electron chi connectivity index (χ4n) is 1.27. The van der Waals surface area contributed by atoms with Gasteiger partial charge in [0.25, 0.3) is 0 Å². The van der Waals surface area contributed by atoms with Crippen molar-refractivity contribution in [2.45, 2.75) is 25.2 Å². The van der Waals surface area contributed by atoms with Gasteiger partial charge in [-0.3, -0.25) is 0 Å². The largest absolute Gasteiger partial charge is 0.392 e. The minimum absolute atomic E-state index is 0.126. The Morgan fingerprint density at radius 3 is 2.88 bits per heavy atom. The van der Waals surface area contributed by atoms with Gasteiger partial charge in [-0.1, -0.05) is 0 Å². The van der Waals surface area contributed by atoms with Crippen molar-refractivity contribution >= 4 is 11.8 Å². The molecule has 0 aliphatic rings. The van der Waals surface area contributed by atoms with Crippen LogP contribution in [0.25, 0.3) is 0 Å². The van der Waals surface area contributed by atoms with Crippen LogP contribution < -0.4 is 0 Å². The van der Waals surface area contributed by atoms with Crippen LogP contribution in [0.5, 0.6) is 0 Å². The van der Waals surface area contributed by atoms with Gasteiger partial charge in [0.1, 0.15) is 11.1 Å². The van der Waals surface area contributed by atoms with Crippen LogP contribution >= 0.6 is 11.8 Å². The van der Waals surface area contributed by atoms with E-state index in [0.29, 0.717) is 35.1 Å². The van der Waals surface area contributed by atoms with E-state index in [9.17, 15) is 5.11 Å². The summed E-state index contributed by atoms with van der Waals surface area (Å²) in [6, 6.07) is 3.74. The van der Waals surface area contributed by atoms with Gasteiger partial charge in [-0.25, -0.2) is 4.98 Å². The van der Waals surface area contributed by atoms with Gasteiger partial charge in [-0.05, 0) is 19.2 Å². The molecule has 4 nitrogen and oxygen atoms in total. The molecule has 1 aromatic heterocycles. The molecule has 0 bridgehead atoms. The fraction of sp³-hybridized carbons (Fsp3) is 0.455. The van der Waals surface area contributed by atoms with Gasteiger partial charge in [0.15, 0.2) is 0 Å². The van der Waals surface area contributed by atoms with E-state index in [0.717, 1.165) is 0 Å². The second-order valence-corrected chi connectivity index (χ2v) is 3.85. The van der Waals surface area contributed by atoms with E-state index < -0.39 is 0 Å². The molecular formula is C11H14N2O2S. The second kappa shape index (κ2) is 6.48. The van der Waals surface area contributed by atoms with Gasteiger partial charge in [0.05, 0.1) is 24.5 Å². The summed E-state index contributed by atoms with van der Waals surface area (Å²) in [5.41, 5.74) is 1.85. The van der Waals surface area contributed by atoms with Crippen molar-refractivity contribution < 1.29 is 9.84 Å². The molecule has 1 N–H and O–H groups in total. The number of nitriles is 1. The van der Waals surface area contributed by atoms with Crippen molar-refractivity contribution in [3.63, 3.8) is 0 Å². The maximum atomic E-state index is 9.19. The van der Waals surface area contributed by atoms with E-state index in [1.54, 1.807) is 6.07 Å². The molecule has 86 valence electrons. The number of hydrogen-bond donors (Lipinski definition) is 1. The molecule has 0 saturated heterocycles. The van der Waals surface area contributed by atoms with Crippen molar-refractivity contribution in [1.82, 2.24) is 4.98 Å². The molecule has 0 fully saturated rings. The Labute approximate surface area is 99.3 Å². The fourth-order valence-corrected chi connectivity index (χ4v) is 1.80. The average molecular weight is 238 g/mol. The van der Waals surface area contributed by atoms with Crippen molar-refractivity contribution in [2.24, 2.45) is 0 Å². The zero-order valence-electron chi connectivity index (χ0n) is 9.36. The Morgan fingerprint density at radius 2 is 2.38 bits per heavy atom. The highest BCUT2D eigenvalue weighted by Gasteiger charge is 2.10. The Kier molecular flexibility index (Phi) is 5.26. The maximum absolute atomic E-state index is 9.19. The summed E-state index contributed by atoms with van der Waals surface area (Å²) in [5.74, 6) is 0. The summed E-state index contributed by atoms with van der Waals surface area (Å²) in [7, 11) is 0. The number of aromatic nitrogens is 1. The second-order valence-electron chi connectivity index (χ2n) is 3.06. The maximum Gasteiger partial charge on any atom is 0.114 e. The number of nitrogens with zero attached hydrogens (tertiary/aromatic N) is 2. The molecule has 0 atom stereocenters. The van der Waals surface area contributed by atoms with Crippen LogP contribution in [0.1, 0.15) is 23.7 Å². The van der Waals surface area contributed by atoms with E-state index in [4.69, 9.17) is 10.00 Å². The number of aliphatic hydroxyl groups excluding tert-OH is 1. The third-order valence-electron chi connectivity index (χ3n) is 2.08. The molecule has 1 rings (SSSR count). The monoisotopic (exact) mass is 238 g/mol. The summed E-state index contributed by atoms with van der Waals surface area (Å²) in [6.45, 7) is 2.74. The Balaban J connectivity index is 3.11. The first-order valence-electron chi connectivity index (χ1n) is 4.92. The summed E-state index contributed by atoms with van der Waals surface area (Å²) < 4.78 is 5.27. The SMILES string of the molecule is CCOCc1nc(SC)c(C#N)cc1CO. The van der Waals surface area contributed by atoms with E-state index in [1.165, 1.54) is 11.8 Å². The van der Waals surface area contributed by atoms with Crippen LogP contribution in [0.2, 0.25) is 0 Å². The molecule has 16 heavy (non-hydrogen) atoms. The topological polar surface area (TPSA) is 66.1 Å². The number of rotatable bonds is 5. The van der Waals surface area contributed by atoms with Gasteiger partial charge in [0, 0.05) is 12.2 Å². The van der Waals surface area contributed by atoms with Gasteiger partial charge in [0.2, 0.25) is 0 Å². The third kappa shape index (κ3) is 2.95. The highest BCUT2D eigenvalue weighted by atomic mass is 32.2. The number of aliphatic hydroxyl groups is 1. The van der Waals surface area contributed by atoms with E-state index >= 15 is 0 Å². The molecule has 0 aromatic carbocycles. The summed E-state index contributed by atoms with van der Waals surface area (Å²) >= 11 is 1.42. The smallest absolute Gasteiger partial charge is 0.114 e. The van der Waals surface area contributed by atoms with Crippen LogP contribution in [0.4, 0.5) is 0 Å². The Morgan fingerprint density at radius 1 is 1.62 bits per heavy atom. The van der Waals surface area contributed by atoms with Gasteiger partial charge >= 0.3 is 0 Å². The standard InChI is InChI=1S/C11H14N2O2S/c1-3-15-7-10-9(6-14)4-8(5-12)11(13-10)16-2/h4,14H,3,6-7H2,1-2H3. The predicted molar refractivity (Wildman–Crippen MR) is 62.0 cm³/mol. The normalized spacial score (nSPS) is 10.1. The highest BCUT2D eigenvalue weighted by molar-refractivity contribution is 7.98. The minimum Gasteiger partial charge on any atom is -0.392 e. The Hall–Kier alpha value is -1.09. The average Bonchev–Trinajstić information content (AvgIpc) is 2.35. The molecule has 1 heterocycles. The minimum atomic E-state index is -0.126. The van der Waals surface area contributed by atoms with Crippen LogP contribution in [0.15, 0.2) is 11.1 Å². The Bertz CT molecular complexity index is 402. The number of ether oxygens (including phenoxy) is 1. The first kappa shape index (κ1) is 13.0. The van der Waals surface area contributed by atoms with Crippen LogP contribution in [-0.2, 0) is 18.0 Å². The molecule has 0 saturated carbocycles. The number of hydrogen-bond acceptors (Lipinski definition) is 5. The highest BCUT2D eigenvalue weighted by Crippen LogP contribution is 2.21. The molecule has 0 radical (unpaired) electrons. The van der Waals surface area contributed by atoms with Crippen molar-refractivity contribution in [2.75, 3.05) is 12.9 Å². The number of pyridine rings is 1. The number of thioether (sulfide) groups is 1. The van der Waals surface area contributed by atoms with Crippen LogP contribution in [0, 0.1) is 11.3 Å². The molecule has 0 amide bonds. The lowest BCUT2D eigenvalue weighted by Gasteiger charge is -2.09. The first-order chi connectivity index (χ1) is 7.76. The van der Waals surface area contributed by atoms with Crippen molar-refractivity contribution in [3.8, 4) is 6.07 Å². The van der Waals surface area contributed by atoms with Gasteiger partial charge < -0.3 is 9.84 Å². The molecule has 0 spiro atoms. The first-order valence-corrected chi connectivity index (χ1v) is 6.14. The van der Waals surface area contributed by atoms with E-state index in [-0.39, 0.29) is 6.61 Å². The predicted octanol–water partition coefficient (Wildman–Crippen LogP) is 1.70. The quantitative estimate of drug-likeness (QED) is 0.791. The molecule has 0 aliphatic carbocycles. The third-order valence-corrected chi connectivity index (χ3v) is 2.78. The zero-order valence-corrected chi connectivity index (χ0v) is 10.2. The summed E-state index contributed by atoms with van der Waals surface area (Å²) in [5, 5.41) is 18.8. The van der Waals surface area contributed by atoms with E-state index in [2.05, 4.69) is 11.1 Å². The van der Waals surface area contributed by atoms with Crippen molar-refractivity contribution in [1.29, 1.82) is 5.26 Å². The van der Waals surface area contributed by atoms with E-state index in [1.807, 2.05) is 13.2 Å². The summed E-state index contributed by atoms with van der Waals surface area (Å²) in [4.78, 5) is 4.33. The van der Waals surface area contributed by atoms with Gasteiger partial charge in [-0.15, -0.1) is 11.8 Å². The molecule has 1 aromatic rings. The lowest BCUT2D eigenvalue weighted by atomic mass is 10.1. The van der Waals surface area contributed by atoms with Gasteiger partial charge in [-0.2, -0.15) is 5.26 Å². The molecule has 0 aliphatic heterocycles. The molecular weight excluding hydrogens is 224 g/mol. The van der Waals surface area contributed by atoms with Crippen molar-refractivity contribution in [3.05, 3.63) is 22.9 Å². The lowest BCUT2D eigenvalue weighted by Crippen LogP contribution is -2.04. The summed E-state index contributed by atoms with van der Waals surface area (Å²) in [6.07, 6.45) is 1.87. The zero-order chi connectivity index (χ0) is 12.0. The molecule has 0 unspecified atom stereocenters. The lowest BCUT2D eigenvalue weighted by molar-refractivity contribution is 0.128.